The van der Waals surface area contributed by atoms with E-state index in [0.717, 1.165) is 0 Å². The average molecular weight is 248 g/mol. The van der Waals surface area contributed by atoms with Crippen LogP contribution in [0.4, 0.5) is 0 Å². The topological polar surface area (TPSA) is 79.2 Å². The summed E-state index contributed by atoms with van der Waals surface area (Å²) >= 11 is 0. The Morgan fingerprint density at radius 3 is 2.71 bits per heavy atom. The lowest BCUT2D eigenvalue weighted by Crippen LogP contribution is -2.33. The zero-order chi connectivity index (χ0) is 12.7. The second kappa shape index (κ2) is 8.00. The maximum absolute atomic E-state index is 9.67. The van der Waals surface area contributed by atoms with Crippen LogP contribution in [-0.2, 0) is 9.47 Å². The van der Waals surface area contributed by atoms with Gasteiger partial charge in [-0.2, -0.15) is 0 Å². The summed E-state index contributed by atoms with van der Waals surface area (Å²) < 4.78 is 11.3. The monoisotopic (exact) mass is 248 g/mol. The van der Waals surface area contributed by atoms with Crippen LogP contribution in [0.3, 0.4) is 0 Å². The molecule has 0 bridgehead atoms. The normalized spacial score (nSPS) is 30.7. The highest BCUT2D eigenvalue weighted by molar-refractivity contribution is 4.86. The summed E-state index contributed by atoms with van der Waals surface area (Å²) in [6.45, 7) is 3.20. The molecule has 0 radical (unpaired) electrons. The molecule has 0 aromatic rings. The van der Waals surface area contributed by atoms with Crippen LogP contribution in [-0.4, -0.2) is 60.1 Å². The Bertz CT molecular complexity index is 199. The van der Waals surface area contributed by atoms with Crippen molar-refractivity contribution in [1.29, 1.82) is 0 Å². The first kappa shape index (κ1) is 14.9. The molecule has 0 saturated carbocycles. The highest BCUT2D eigenvalue weighted by atomic mass is 16.6. The number of aliphatic hydroxyl groups excluding tert-OH is 3. The van der Waals surface area contributed by atoms with Gasteiger partial charge in [0.2, 0.25) is 0 Å². The molecule has 1 aliphatic rings. The van der Waals surface area contributed by atoms with Crippen molar-refractivity contribution < 1.29 is 24.8 Å². The molecule has 0 spiro atoms. The predicted octanol–water partition coefficient (Wildman–Crippen LogP) is -0.0777. The van der Waals surface area contributed by atoms with Crippen LogP contribution in [0.15, 0.2) is 0 Å². The van der Waals surface area contributed by atoms with E-state index >= 15 is 0 Å². The van der Waals surface area contributed by atoms with Gasteiger partial charge in [0.1, 0.15) is 0 Å². The highest BCUT2D eigenvalue weighted by Crippen LogP contribution is 2.29. The van der Waals surface area contributed by atoms with Gasteiger partial charge in [0, 0.05) is 32.2 Å². The van der Waals surface area contributed by atoms with Crippen molar-refractivity contribution in [2.24, 2.45) is 5.92 Å². The highest BCUT2D eigenvalue weighted by Gasteiger charge is 2.38. The molecule has 4 atom stereocenters. The fraction of sp³-hybridized carbons (Fsp3) is 1.00. The van der Waals surface area contributed by atoms with E-state index in [1.54, 1.807) is 0 Å². The summed E-state index contributed by atoms with van der Waals surface area (Å²) in [6.07, 6.45) is 0.766. The van der Waals surface area contributed by atoms with Gasteiger partial charge in [0.15, 0.2) is 0 Å². The van der Waals surface area contributed by atoms with Crippen molar-refractivity contribution in [3.05, 3.63) is 0 Å². The molecular formula is C12H24O5. The van der Waals surface area contributed by atoms with E-state index in [4.69, 9.17) is 19.7 Å². The van der Waals surface area contributed by atoms with Gasteiger partial charge in [-0.3, -0.25) is 0 Å². The van der Waals surface area contributed by atoms with Crippen molar-refractivity contribution >= 4 is 0 Å². The van der Waals surface area contributed by atoms with Gasteiger partial charge in [-0.05, 0) is 19.8 Å². The van der Waals surface area contributed by atoms with Crippen LogP contribution in [0.5, 0.6) is 0 Å². The summed E-state index contributed by atoms with van der Waals surface area (Å²) in [5.74, 6) is 0.200. The molecule has 0 aromatic carbocycles. The minimum atomic E-state index is -0.555. The summed E-state index contributed by atoms with van der Waals surface area (Å²) in [4.78, 5) is 0. The lowest BCUT2D eigenvalue weighted by Gasteiger charge is -2.24. The molecule has 3 N–H and O–H groups in total. The minimum Gasteiger partial charge on any atom is -0.396 e. The molecule has 0 amide bonds. The largest absolute Gasteiger partial charge is 0.396 e. The molecule has 102 valence electrons. The van der Waals surface area contributed by atoms with Gasteiger partial charge in [0.05, 0.1) is 24.9 Å². The standard InChI is InChI=1S/C12H24O5/c1-2-16-12-9(3-5-13)8-17-11(12)7-10(15)4-6-14/h9-15H,2-8H2,1H3/t9?,10?,11?,12-/m0/s1. The molecule has 0 aliphatic carbocycles. The lowest BCUT2D eigenvalue weighted by molar-refractivity contribution is -0.0372. The number of ether oxygens (including phenoxy) is 2. The van der Waals surface area contributed by atoms with Crippen LogP contribution in [0, 0.1) is 5.92 Å². The van der Waals surface area contributed by atoms with Crippen LogP contribution in [0.2, 0.25) is 0 Å². The van der Waals surface area contributed by atoms with Gasteiger partial charge in [-0.1, -0.05) is 0 Å². The first-order chi connectivity index (χ1) is 8.22. The Morgan fingerprint density at radius 2 is 2.12 bits per heavy atom. The number of hydrogen-bond donors (Lipinski definition) is 3. The van der Waals surface area contributed by atoms with E-state index < -0.39 is 6.10 Å². The molecule has 0 aromatic heterocycles. The zero-order valence-corrected chi connectivity index (χ0v) is 10.4. The second-order valence-corrected chi connectivity index (χ2v) is 4.47. The molecule has 1 heterocycles. The van der Waals surface area contributed by atoms with Crippen molar-refractivity contribution in [1.82, 2.24) is 0 Å². The Morgan fingerprint density at radius 1 is 1.35 bits per heavy atom. The SMILES string of the molecule is CCO[C@H]1C(CCO)COC1CC(O)CCO. The average Bonchev–Trinajstić information content (AvgIpc) is 2.64. The predicted molar refractivity (Wildman–Crippen MR) is 62.7 cm³/mol. The van der Waals surface area contributed by atoms with Gasteiger partial charge in [-0.25, -0.2) is 0 Å². The smallest absolute Gasteiger partial charge is 0.0888 e. The van der Waals surface area contributed by atoms with Crippen LogP contribution in [0.1, 0.15) is 26.2 Å². The van der Waals surface area contributed by atoms with Crippen molar-refractivity contribution in [2.75, 3.05) is 26.4 Å². The van der Waals surface area contributed by atoms with Crippen molar-refractivity contribution in [2.45, 2.75) is 44.5 Å². The van der Waals surface area contributed by atoms with Gasteiger partial charge in [0.25, 0.3) is 0 Å². The fourth-order valence-corrected chi connectivity index (χ4v) is 2.33. The van der Waals surface area contributed by atoms with E-state index in [1.165, 1.54) is 0 Å². The van der Waals surface area contributed by atoms with E-state index in [2.05, 4.69) is 0 Å². The molecular weight excluding hydrogens is 224 g/mol. The Kier molecular flexibility index (Phi) is 6.99. The van der Waals surface area contributed by atoms with E-state index in [1.807, 2.05) is 6.92 Å². The minimum absolute atomic E-state index is 0.0206. The molecule has 5 heteroatoms. The zero-order valence-electron chi connectivity index (χ0n) is 10.4. The second-order valence-electron chi connectivity index (χ2n) is 4.47. The van der Waals surface area contributed by atoms with Crippen molar-refractivity contribution in [3.63, 3.8) is 0 Å². The first-order valence-electron chi connectivity index (χ1n) is 6.35. The summed E-state index contributed by atoms with van der Waals surface area (Å²) in [5, 5.41) is 27.4. The molecule has 5 nitrogen and oxygen atoms in total. The van der Waals surface area contributed by atoms with E-state index in [0.29, 0.717) is 32.5 Å². The Hall–Kier alpha value is -0.200. The van der Waals surface area contributed by atoms with Crippen LogP contribution in [0.25, 0.3) is 0 Å². The first-order valence-corrected chi connectivity index (χ1v) is 6.35. The van der Waals surface area contributed by atoms with Crippen LogP contribution < -0.4 is 0 Å². The third kappa shape index (κ3) is 4.52. The van der Waals surface area contributed by atoms with Gasteiger partial charge < -0.3 is 24.8 Å². The van der Waals surface area contributed by atoms with E-state index in [-0.39, 0.29) is 31.3 Å². The summed E-state index contributed by atoms with van der Waals surface area (Å²) in [6, 6.07) is 0. The molecule has 17 heavy (non-hydrogen) atoms. The van der Waals surface area contributed by atoms with E-state index in [9.17, 15) is 5.11 Å². The fourth-order valence-electron chi connectivity index (χ4n) is 2.33. The van der Waals surface area contributed by atoms with Gasteiger partial charge in [-0.15, -0.1) is 0 Å². The van der Waals surface area contributed by atoms with Crippen molar-refractivity contribution in [3.8, 4) is 0 Å². The summed E-state index contributed by atoms with van der Waals surface area (Å²) in [5.41, 5.74) is 0. The van der Waals surface area contributed by atoms with Crippen LogP contribution >= 0.6 is 0 Å². The number of aliphatic hydroxyl groups is 3. The third-order valence-corrected chi connectivity index (χ3v) is 3.18. The Balaban J connectivity index is 2.47. The molecule has 1 aliphatic heterocycles. The number of rotatable bonds is 8. The maximum atomic E-state index is 9.67. The quantitative estimate of drug-likeness (QED) is 0.560. The Labute approximate surface area is 102 Å². The van der Waals surface area contributed by atoms with Gasteiger partial charge >= 0.3 is 0 Å². The molecule has 1 fully saturated rings. The molecule has 1 rings (SSSR count). The number of hydrogen-bond acceptors (Lipinski definition) is 5. The molecule has 3 unspecified atom stereocenters. The maximum Gasteiger partial charge on any atom is 0.0888 e. The third-order valence-electron chi connectivity index (χ3n) is 3.18. The molecule has 1 saturated heterocycles. The lowest BCUT2D eigenvalue weighted by atomic mass is 9.95. The summed E-state index contributed by atoms with van der Waals surface area (Å²) in [7, 11) is 0.